The van der Waals surface area contributed by atoms with Crippen molar-refractivity contribution < 1.29 is 17.9 Å². The molecular weight excluding hydrogens is 266 g/mol. The third-order valence-electron chi connectivity index (χ3n) is 2.89. The van der Waals surface area contributed by atoms with E-state index >= 15 is 0 Å². The van der Waals surface area contributed by atoms with Gasteiger partial charge in [-0.1, -0.05) is 26.0 Å². The van der Waals surface area contributed by atoms with E-state index in [4.69, 9.17) is 0 Å². The first-order valence-electron chi connectivity index (χ1n) is 6.15. The van der Waals surface area contributed by atoms with E-state index in [1.165, 1.54) is 19.2 Å². The summed E-state index contributed by atoms with van der Waals surface area (Å²) in [5.74, 6) is -0.662. The molecule has 0 aliphatic rings. The number of hydrogen-bond acceptors (Lipinski definition) is 4. The van der Waals surface area contributed by atoms with E-state index in [-0.39, 0.29) is 16.5 Å². The molecule has 0 atom stereocenters. The number of carbonyl (C=O) groups is 1. The van der Waals surface area contributed by atoms with Crippen LogP contribution in [0.25, 0.3) is 0 Å². The van der Waals surface area contributed by atoms with Crippen LogP contribution in [0.4, 0.5) is 0 Å². The van der Waals surface area contributed by atoms with E-state index in [1.54, 1.807) is 12.1 Å². The van der Waals surface area contributed by atoms with Crippen LogP contribution in [0.1, 0.15) is 37.0 Å². The predicted octanol–water partition coefficient (Wildman–Crippen LogP) is 1.94. The van der Waals surface area contributed by atoms with Crippen molar-refractivity contribution in [3.63, 3.8) is 0 Å². The lowest BCUT2D eigenvalue weighted by molar-refractivity contribution is 0.0596. The number of rotatable bonds is 6. The summed E-state index contributed by atoms with van der Waals surface area (Å²) in [4.78, 5) is 11.5. The lowest BCUT2D eigenvalue weighted by Gasteiger charge is -2.16. The molecule has 0 aromatic heterocycles. The molecule has 106 valence electrons. The van der Waals surface area contributed by atoms with Crippen molar-refractivity contribution in [3.8, 4) is 0 Å². The molecule has 0 saturated heterocycles. The minimum absolute atomic E-state index is 0.0449. The van der Waals surface area contributed by atoms with Crippen molar-refractivity contribution in [2.24, 2.45) is 0 Å². The van der Waals surface area contributed by atoms with Gasteiger partial charge in [-0.15, -0.1) is 0 Å². The predicted molar refractivity (Wildman–Crippen MR) is 72.5 cm³/mol. The number of esters is 1. The number of carbonyl (C=O) groups excluding carboxylic acids is 1. The minimum atomic E-state index is -3.72. The maximum absolute atomic E-state index is 12.3. The lowest BCUT2D eigenvalue weighted by atomic mass is 10.2. The molecule has 0 fully saturated rings. The quantitative estimate of drug-likeness (QED) is 0.811. The van der Waals surface area contributed by atoms with E-state index in [0.29, 0.717) is 12.8 Å². The van der Waals surface area contributed by atoms with Gasteiger partial charge in [-0.2, -0.15) is 0 Å². The van der Waals surface area contributed by atoms with Crippen LogP contribution in [0.2, 0.25) is 0 Å². The molecule has 1 aromatic carbocycles. The van der Waals surface area contributed by atoms with Gasteiger partial charge in [0.2, 0.25) is 10.0 Å². The maximum Gasteiger partial charge on any atom is 0.339 e. The Morgan fingerprint density at radius 1 is 1.26 bits per heavy atom. The van der Waals surface area contributed by atoms with E-state index < -0.39 is 16.0 Å². The zero-order chi connectivity index (χ0) is 14.5. The van der Waals surface area contributed by atoms with Crippen molar-refractivity contribution >= 4 is 16.0 Å². The second kappa shape index (κ2) is 6.68. The highest BCUT2D eigenvalue weighted by atomic mass is 32.2. The number of methoxy groups -OCH3 is 1. The van der Waals surface area contributed by atoms with Gasteiger partial charge in [-0.3, -0.25) is 0 Å². The van der Waals surface area contributed by atoms with Crippen LogP contribution < -0.4 is 4.72 Å². The van der Waals surface area contributed by atoms with Crippen LogP contribution in [-0.2, 0) is 14.8 Å². The third kappa shape index (κ3) is 3.78. The Labute approximate surface area is 114 Å². The first-order chi connectivity index (χ1) is 8.96. The Hall–Kier alpha value is -1.40. The van der Waals surface area contributed by atoms with E-state index in [0.717, 1.165) is 0 Å². The summed E-state index contributed by atoms with van der Waals surface area (Å²) in [7, 11) is -2.50. The fraction of sp³-hybridized carbons (Fsp3) is 0.462. The minimum Gasteiger partial charge on any atom is -0.465 e. The summed E-state index contributed by atoms with van der Waals surface area (Å²) in [5, 5.41) is 0. The summed E-state index contributed by atoms with van der Waals surface area (Å²) in [5.41, 5.74) is 0.0449. The van der Waals surface area contributed by atoms with E-state index in [1.807, 2.05) is 13.8 Å². The molecule has 19 heavy (non-hydrogen) atoms. The highest BCUT2D eigenvalue weighted by Gasteiger charge is 2.24. The van der Waals surface area contributed by atoms with E-state index in [2.05, 4.69) is 9.46 Å². The van der Waals surface area contributed by atoms with Crippen molar-refractivity contribution in [1.29, 1.82) is 0 Å². The smallest absolute Gasteiger partial charge is 0.339 e. The van der Waals surface area contributed by atoms with Crippen LogP contribution in [-0.4, -0.2) is 27.5 Å². The lowest BCUT2D eigenvalue weighted by Crippen LogP contribution is -2.34. The van der Waals surface area contributed by atoms with Gasteiger partial charge in [0.15, 0.2) is 0 Å². The summed E-state index contributed by atoms with van der Waals surface area (Å²) in [6.07, 6.45) is 1.38. The Morgan fingerprint density at radius 2 is 1.84 bits per heavy atom. The monoisotopic (exact) mass is 285 g/mol. The number of nitrogens with one attached hydrogen (secondary N) is 1. The highest BCUT2D eigenvalue weighted by Crippen LogP contribution is 2.17. The van der Waals surface area contributed by atoms with E-state index in [9.17, 15) is 13.2 Å². The molecule has 0 unspecified atom stereocenters. The molecule has 1 N–H and O–H groups in total. The van der Waals surface area contributed by atoms with Crippen LogP contribution in [0.5, 0.6) is 0 Å². The largest absolute Gasteiger partial charge is 0.465 e. The van der Waals surface area contributed by atoms with Gasteiger partial charge in [-0.05, 0) is 25.0 Å². The zero-order valence-corrected chi connectivity index (χ0v) is 12.2. The molecule has 0 amide bonds. The second-order valence-corrected chi connectivity index (χ2v) is 5.80. The molecule has 6 heteroatoms. The Kier molecular flexibility index (Phi) is 5.50. The van der Waals surface area contributed by atoms with Crippen molar-refractivity contribution in [2.75, 3.05) is 7.11 Å². The molecule has 1 aromatic rings. The molecule has 0 aliphatic heterocycles. The van der Waals surface area contributed by atoms with Gasteiger partial charge in [0.25, 0.3) is 0 Å². The summed E-state index contributed by atoms with van der Waals surface area (Å²) < 4.78 is 31.8. The zero-order valence-electron chi connectivity index (χ0n) is 11.3. The molecule has 0 radical (unpaired) electrons. The molecule has 0 bridgehead atoms. The average molecular weight is 285 g/mol. The van der Waals surface area contributed by atoms with Crippen molar-refractivity contribution in [3.05, 3.63) is 29.8 Å². The molecule has 0 spiro atoms. The fourth-order valence-electron chi connectivity index (χ4n) is 1.72. The van der Waals surface area contributed by atoms with Gasteiger partial charge in [0.05, 0.1) is 17.6 Å². The second-order valence-electron chi connectivity index (χ2n) is 4.12. The molecular formula is C13H19NO4S. The number of sulfonamides is 1. The first kappa shape index (κ1) is 15.7. The standard InChI is InChI=1S/C13H19NO4S/c1-4-10(5-2)14-19(16,17)12-9-7-6-8-11(12)13(15)18-3/h6-10,14H,4-5H2,1-3H3. The number of ether oxygens (including phenoxy) is 1. The summed E-state index contributed by atoms with van der Waals surface area (Å²) in [6.45, 7) is 3.81. The molecule has 0 aliphatic carbocycles. The Bertz CT molecular complexity index is 535. The van der Waals surface area contributed by atoms with Gasteiger partial charge >= 0.3 is 5.97 Å². The van der Waals surface area contributed by atoms with Gasteiger partial charge < -0.3 is 4.74 Å². The summed E-state index contributed by atoms with van der Waals surface area (Å²) >= 11 is 0. The fourth-order valence-corrected chi connectivity index (χ4v) is 3.32. The van der Waals surface area contributed by atoms with Gasteiger partial charge in [0, 0.05) is 6.04 Å². The Balaban J connectivity index is 3.18. The molecule has 1 rings (SSSR count). The van der Waals surface area contributed by atoms with Crippen molar-refractivity contribution in [2.45, 2.75) is 37.6 Å². The first-order valence-corrected chi connectivity index (χ1v) is 7.64. The SMILES string of the molecule is CCC(CC)NS(=O)(=O)c1ccccc1C(=O)OC. The van der Waals surface area contributed by atoms with Crippen LogP contribution >= 0.6 is 0 Å². The third-order valence-corrected chi connectivity index (χ3v) is 4.47. The molecule has 5 nitrogen and oxygen atoms in total. The summed E-state index contributed by atoms with van der Waals surface area (Å²) in [6, 6.07) is 5.87. The molecule has 0 heterocycles. The normalized spacial score (nSPS) is 11.6. The van der Waals surface area contributed by atoms with Crippen LogP contribution in [0, 0.1) is 0 Å². The Morgan fingerprint density at radius 3 is 2.37 bits per heavy atom. The molecule has 0 saturated carbocycles. The average Bonchev–Trinajstić information content (AvgIpc) is 2.43. The maximum atomic E-state index is 12.3. The topological polar surface area (TPSA) is 72.5 Å². The number of benzene rings is 1. The van der Waals surface area contributed by atoms with Crippen molar-refractivity contribution in [1.82, 2.24) is 4.72 Å². The number of hydrogen-bond donors (Lipinski definition) is 1. The van der Waals surface area contributed by atoms with Crippen LogP contribution in [0.3, 0.4) is 0 Å². The van der Waals surface area contributed by atoms with Gasteiger partial charge in [0.1, 0.15) is 0 Å². The van der Waals surface area contributed by atoms with Crippen LogP contribution in [0.15, 0.2) is 29.2 Å². The van der Waals surface area contributed by atoms with Gasteiger partial charge in [-0.25, -0.2) is 17.9 Å². The highest BCUT2D eigenvalue weighted by molar-refractivity contribution is 7.89.